The first-order valence-electron chi connectivity index (χ1n) is 6.37. The Morgan fingerprint density at radius 3 is 2.48 bits per heavy atom. The molecule has 1 N–H and O–H groups in total. The van der Waals surface area contributed by atoms with Crippen molar-refractivity contribution in [3.8, 4) is 0 Å². The van der Waals surface area contributed by atoms with Gasteiger partial charge in [-0.05, 0) is 24.3 Å². The van der Waals surface area contributed by atoms with E-state index in [0.29, 0.717) is 4.31 Å². The van der Waals surface area contributed by atoms with Gasteiger partial charge in [-0.15, -0.1) is 0 Å². The van der Waals surface area contributed by atoms with E-state index in [9.17, 15) is 30.8 Å². The number of rotatable bonds is 5. The van der Waals surface area contributed by atoms with E-state index in [2.05, 4.69) is 4.84 Å². The SMILES string of the molecule is O=C(NOC(F)F)[C@@H]1C[C@@H](F)CN1S(=O)(=O)c1ccc(F)cc1. The van der Waals surface area contributed by atoms with Crippen LogP contribution in [0.2, 0.25) is 0 Å². The van der Waals surface area contributed by atoms with E-state index in [1.807, 2.05) is 0 Å². The molecule has 1 aliphatic heterocycles. The second-order valence-corrected chi connectivity index (χ2v) is 6.61. The van der Waals surface area contributed by atoms with Gasteiger partial charge in [-0.2, -0.15) is 13.1 Å². The van der Waals surface area contributed by atoms with E-state index in [-0.39, 0.29) is 4.90 Å². The molecule has 0 bridgehead atoms. The molecule has 0 aromatic heterocycles. The zero-order valence-electron chi connectivity index (χ0n) is 11.5. The predicted octanol–water partition coefficient (Wildman–Crippen LogP) is 1.20. The van der Waals surface area contributed by atoms with E-state index in [0.717, 1.165) is 24.3 Å². The van der Waals surface area contributed by atoms with Crippen molar-refractivity contribution in [3.05, 3.63) is 30.1 Å². The first kappa shape index (κ1) is 17.6. The number of carbonyl (C=O) groups is 1. The summed E-state index contributed by atoms with van der Waals surface area (Å²) in [7, 11) is -4.30. The molecule has 0 unspecified atom stereocenters. The van der Waals surface area contributed by atoms with Crippen LogP contribution in [0, 0.1) is 5.82 Å². The molecule has 1 aliphatic rings. The van der Waals surface area contributed by atoms with Crippen LogP contribution in [0.4, 0.5) is 17.6 Å². The summed E-state index contributed by atoms with van der Waals surface area (Å²) in [6.07, 6.45) is -2.15. The van der Waals surface area contributed by atoms with Gasteiger partial charge in [-0.3, -0.25) is 4.79 Å². The molecule has 0 aliphatic carbocycles. The zero-order chi connectivity index (χ0) is 17.2. The molecule has 128 valence electrons. The van der Waals surface area contributed by atoms with Gasteiger partial charge in [-0.25, -0.2) is 27.5 Å². The highest BCUT2D eigenvalue weighted by atomic mass is 32.2. The summed E-state index contributed by atoms with van der Waals surface area (Å²) < 4.78 is 75.6. The van der Waals surface area contributed by atoms with Gasteiger partial charge in [0.05, 0.1) is 4.90 Å². The number of benzene rings is 1. The maximum absolute atomic E-state index is 13.6. The van der Waals surface area contributed by atoms with Crippen molar-refractivity contribution in [2.24, 2.45) is 0 Å². The molecule has 1 aromatic carbocycles. The molecule has 0 radical (unpaired) electrons. The van der Waals surface area contributed by atoms with Crippen LogP contribution in [0.15, 0.2) is 29.2 Å². The summed E-state index contributed by atoms with van der Waals surface area (Å²) in [5, 5.41) is 0. The number of nitrogens with zero attached hydrogens (tertiary/aromatic N) is 1. The van der Waals surface area contributed by atoms with Crippen molar-refractivity contribution in [3.63, 3.8) is 0 Å². The Morgan fingerprint density at radius 1 is 1.30 bits per heavy atom. The van der Waals surface area contributed by atoms with Gasteiger partial charge in [0, 0.05) is 13.0 Å². The molecule has 1 amide bonds. The fourth-order valence-corrected chi connectivity index (χ4v) is 3.80. The van der Waals surface area contributed by atoms with Crippen LogP contribution in [0.1, 0.15) is 6.42 Å². The Balaban J connectivity index is 2.24. The second kappa shape index (κ2) is 6.81. The standard InChI is InChI=1S/C12H12F4N2O4S/c13-7-1-3-9(4-2-7)23(20,21)18-6-8(14)5-10(18)11(19)17-22-12(15)16/h1-4,8,10,12H,5-6H2,(H,17,19)/t8-,10+/m1/s1. The van der Waals surface area contributed by atoms with Crippen molar-refractivity contribution in [2.45, 2.75) is 30.1 Å². The topological polar surface area (TPSA) is 75.7 Å². The molecule has 2 rings (SSSR count). The molecule has 1 heterocycles. The maximum atomic E-state index is 13.6. The van der Waals surface area contributed by atoms with Gasteiger partial charge in [0.1, 0.15) is 18.0 Å². The number of carbonyl (C=O) groups excluding carboxylic acids is 1. The van der Waals surface area contributed by atoms with Crippen LogP contribution < -0.4 is 5.48 Å². The molecule has 23 heavy (non-hydrogen) atoms. The van der Waals surface area contributed by atoms with Crippen molar-refractivity contribution >= 4 is 15.9 Å². The first-order valence-corrected chi connectivity index (χ1v) is 7.81. The van der Waals surface area contributed by atoms with Gasteiger partial charge >= 0.3 is 6.61 Å². The lowest BCUT2D eigenvalue weighted by molar-refractivity contribution is -0.185. The third-order valence-electron chi connectivity index (χ3n) is 3.18. The molecule has 6 nitrogen and oxygen atoms in total. The quantitative estimate of drug-likeness (QED) is 0.635. The fourth-order valence-electron chi connectivity index (χ4n) is 2.17. The second-order valence-electron chi connectivity index (χ2n) is 4.72. The monoisotopic (exact) mass is 356 g/mol. The summed E-state index contributed by atoms with van der Waals surface area (Å²) in [6, 6.07) is 2.16. The van der Waals surface area contributed by atoms with E-state index in [4.69, 9.17) is 0 Å². The Hall–Kier alpha value is -1.72. The number of hydroxylamine groups is 1. The van der Waals surface area contributed by atoms with E-state index in [1.54, 1.807) is 0 Å². The van der Waals surface area contributed by atoms with Crippen molar-refractivity contribution in [1.29, 1.82) is 0 Å². The van der Waals surface area contributed by atoms with Crippen LogP contribution in [0.5, 0.6) is 0 Å². The number of amides is 1. The van der Waals surface area contributed by atoms with E-state index >= 15 is 0 Å². The smallest absolute Gasteiger partial charge is 0.271 e. The highest BCUT2D eigenvalue weighted by Gasteiger charge is 2.44. The summed E-state index contributed by atoms with van der Waals surface area (Å²) in [5.41, 5.74) is 1.39. The average molecular weight is 356 g/mol. The molecule has 1 saturated heterocycles. The molecule has 11 heteroatoms. The maximum Gasteiger partial charge on any atom is 0.364 e. The summed E-state index contributed by atoms with van der Waals surface area (Å²) >= 11 is 0. The zero-order valence-corrected chi connectivity index (χ0v) is 12.3. The molecule has 1 aromatic rings. The third-order valence-corrected chi connectivity index (χ3v) is 5.07. The lowest BCUT2D eigenvalue weighted by Gasteiger charge is -2.22. The number of sulfonamides is 1. The Morgan fingerprint density at radius 2 is 1.91 bits per heavy atom. The Labute approximate surface area is 129 Å². The number of nitrogens with one attached hydrogen (secondary N) is 1. The van der Waals surface area contributed by atoms with Crippen LogP contribution in [0.3, 0.4) is 0 Å². The normalized spacial score (nSPS) is 22.5. The van der Waals surface area contributed by atoms with Gasteiger partial charge in [0.25, 0.3) is 5.91 Å². The minimum atomic E-state index is -4.30. The fraction of sp³-hybridized carbons (Fsp3) is 0.417. The van der Waals surface area contributed by atoms with Gasteiger partial charge in [0.2, 0.25) is 10.0 Å². The third kappa shape index (κ3) is 3.98. The van der Waals surface area contributed by atoms with Gasteiger partial charge in [-0.1, -0.05) is 0 Å². The molecule has 2 atom stereocenters. The molecule has 1 fully saturated rings. The lowest BCUT2D eigenvalue weighted by atomic mass is 10.2. The number of halogens is 4. The minimum absolute atomic E-state index is 0.347. The van der Waals surface area contributed by atoms with Crippen molar-refractivity contribution in [2.75, 3.05) is 6.54 Å². The van der Waals surface area contributed by atoms with Gasteiger partial charge in [0.15, 0.2) is 0 Å². The average Bonchev–Trinajstić information content (AvgIpc) is 2.88. The summed E-state index contributed by atoms with van der Waals surface area (Å²) in [5.74, 6) is -1.88. The van der Waals surface area contributed by atoms with E-state index < -0.39 is 53.5 Å². The highest BCUT2D eigenvalue weighted by Crippen LogP contribution is 2.28. The molecular weight excluding hydrogens is 344 g/mol. The minimum Gasteiger partial charge on any atom is -0.271 e. The van der Waals surface area contributed by atoms with Crippen LogP contribution in [0.25, 0.3) is 0 Å². The molecule has 0 spiro atoms. The predicted molar refractivity (Wildman–Crippen MR) is 68.8 cm³/mol. The summed E-state index contributed by atoms with van der Waals surface area (Å²) in [6.45, 7) is -3.92. The van der Waals surface area contributed by atoms with Crippen LogP contribution >= 0.6 is 0 Å². The number of hydrogen-bond donors (Lipinski definition) is 1. The summed E-state index contributed by atoms with van der Waals surface area (Å²) in [4.78, 5) is 15.0. The highest BCUT2D eigenvalue weighted by molar-refractivity contribution is 7.89. The lowest BCUT2D eigenvalue weighted by Crippen LogP contribution is -2.46. The van der Waals surface area contributed by atoms with Gasteiger partial charge < -0.3 is 0 Å². The van der Waals surface area contributed by atoms with Crippen LogP contribution in [-0.2, 0) is 19.7 Å². The number of alkyl halides is 3. The first-order chi connectivity index (χ1) is 10.7. The Kier molecular flexibility index (Phi) is 5.22. The van der Waals surface area contributed by atoms with Crippen molar-refractivity contribution in [1.82, 2.24) is 9.79 Å². The number of hydrogen-bond acceptors (Lipinski definition) is 4. The van der Waals surface area contributed by atoms with Crippen LogP contribution in [-0.4, -0.2) is 44.0 Å². The largest absolute Gasteiger partial charge is 0.364 e. The molecule has 0 saturated carbocycles. The molecular formula is C12H12F4N2O4S. The Bertz CT molecular complexity index is 668. The van der Waals surface area contributed by atoms with Crippen molar-refractivity contribution < 1.29 is 35.6 Å². The van der Waals surface area contributed by atoms with E-state index in [1.165, 1.54) is 5.48 Å².